The molecule has 154 valence electrons. The van der Waals surface area contributed by atoms with Gasteiger partial charge in [0.25, 0.3) is 0 Å². The summed E-state index contributed by atoms with van der Waals surface area (Å²) in [5.74, 6) is 1.05. The topological polar surface area (TPSA) is 36.4 Å². The van der Waals surface area contributed by atoms with Gasteiger partial charge in [0, 0.05) is 29.4 Å². The Morgan fingerprint density at radius 2 is 1.90 bits per heavy atom. The molecule has 0 radical (unpaired) electrons. The second-order valence-electron chi connectivity index (χ2n) is 7.13. The molecular weight excluding hydrogens is 422 g/mol. The molecule has 7 heteroatoms. The largest absolute Gasteiger partial charge is 0.308 e. The van der Waals surface area contributed by atoms with E-state index in [1.807, 2.05) is 56.3 Å². The number of nitrogens with zero attached hydrogens (tertiary/aromatic N) is 3. The van der Waals surface area contributed by atoms with E-state index in [1.54, 1.807) is 23.1 Å². The number of likely N-dealkylation sites (N-methyl/N-ethyl adjacent to an activating group) is 1. The van der Waals surface area contributed by atoms with E-state index in [1.165, 1.54) is 4.90 Å². The van der Waals surface area contributed by atoms with Gasteiger partial charge in [-0.3, -0.25) is 9.69 Å². The molecule has 1 amide bonds. The number of carbonyl (C=O) groups is 1. The number of halogens is 1. The summed E-state index contributed by atoms with van der Waals surface area (Å²) in [7, 11) is 4.03. The zero-order valence-electron chi connectivity index (χ0n) is 17.0. The number of fused-ring (bicyclic) bond motifs is 1. The third-order valence-electron chi connectivity index (χ3n) is 4.59. The maximum absolute atomic E-state index is 13.0. The molecule has 0 aliphatic heterocycles. The van der Waals surface area contributed by atoms with Crippen LogP contribution in [0.15, 0.2) is 47.4 Å². The van der Waals surface area contributed by atoms with Gasteiger partial charge in [-0.25, -0.2) is 4.98 Å². The molecule has 0 N–H and O–H groups in total. The molecule has 0 atom stereocenters. The quantitative estimate of drug-likeness (QED) is 0.310. The molecule has 1 aromatic heterocycles. The van der Waals surface area contributed by atoms with Crippen molar-refractivity contribution in [3.8, 4) is 0 Å². The summed E-state index contributed by atoms with van der Waals surface area (Å²) in [6.45, 7) is 3.39. The Kier molecular flexibility index (Phi) is 7.95. The molecule has 4 nitrogen and oxygen atoms in total. The van der Waals surface area contributed by atoms with Crippen molar-refractivity contribution in [2.75, 3.05) is 37.8 Å². The van der Waals surface area contributed by atoms with Gasteiger partial charge in [0.05, 0.1) is 10.2 Å². The normalized spacial score (nSPS) is 11.3. The van der Waals surface area contributed by atoms with Crippen molar-refractivity contribution >= 4 is 56.0 Å². The number of thiazole rings is 1. The third kappa shape index (κ3) is 5.95. The molecule has 0 fully saturated rings. The van der Waals surface area contributed by atoms with Gasteiger partial charge in [0.2, 0.25) is 5.91 Å². The Bertz CT molecular complexity index is 959. The molecule has 29 heavy (non-hydrogen) atoms. The molecule has 3 aromatic rings. The van der Waals surface area contributed by atoms with Gasteiger partial charge in [-0.15, -0.1) is 11.8 Å². The van der Waals surface area contributed by atoms with Crippen molar-refractivity contribution in [3.63, 3.8) is 0 Å². The Morgan fingerprint density at radius 1 is 1.14 bits per heavy atom. The van der Waals surface area contributed by atoms with Crippen LogP contribution in [0.5, 0.6) is 0 Å². The standard InChI is InChI=1S/C22H26ClN3OS2/c1-16-18(23)11-12-19-21(16)24-22(29-19)26(14-13-25(2)3)20(27)10-7-15-28-17-8-5-4-6-9-17/h4-6,8-9,11-12H,7,10,13-15H2,1-3H3. The van der Waals surface area contributed by atoms with Crippen molar-refractivity contribution in [2.45, 2.75) is 24.7 Å². The maximum atomic E-state index is 13.0. The number of benzene rings is 2. The van der Waals surface area contributed by atoms with Crippen LogP contribution in [0.2, 0.25) is 5.02 Å². The van der Waals surface area contributed by atoms with E-state index < -0.39 is 0 Å². The fourth-order valence-corrected chi connectivity index (χ4v) is 4.99. The molecule has 0 unspecified atom stereocenters. The number of aromatic nitrogens is 1. The molecule has 0 bridgehead atoms. The lowest BCUT2D eigenvalue weighted by Gasteiger charge is -2.22. The van der Waals surface area contributed by atoms with E-state index in [4.69, 9.17) is 16.6 Å². The summed E-state index contributed by atoms with van der Waals surface area (Å²) in [5, 5.41) is 1.46. The number of thioether (sulfide) groups is 1. The van der Waals surface area contributed by atoms with Crippen LogP contribution in [0.4, 0.5) is 5.13 Å². The zero-order valence-corrected chi connectivity index (χ0v) is 19.4. The average Bonchev–Trinajstić information content (AvgIpc) is 3.13. The Labute approximate surface area is 185 Å². The highest BCUT2D eigenvalue weighted by Gasteiger charge is 2.20. The van der Waals surface area contributed by atoms with Crippen LogP contribution in [-0.2, 0) is 4.79 Å². The smallest absolute Gasteiger partial charge is 0.228 e. The highest BCUT2D eigenvalue weighted by Crippen LogP contribution is 2.34. The van der Waals surface area contributed by atoms with Crippen LogP contribution in [0, 0.1) is 6.92 Å². The minimum Gasteiger partial charge on any atom is -0.308 e. The lowest BCUT2D eigenvalue weighted by atomic mass is 10.2. The minimum absolute atomic E-state index is 0.128. The van der Waals surface area contributed by atoms with Gasteiger partial charge in [0.15, 0.2) is 5.13 Å². The van der Waals surface area contributed by atoms with Crippen molar-refractivity contribution in [3.05, 3.63) is 53.1 Å². The van der Waals surface area contributed by atoms with Crippen LogP contribution in [0.3, 0.4) is 0 Å². The second-order valence-corrected chi connectivity index (χ2v) is 9.71. The number of hydrogen-bond acceptors (Lipinski definition) is 5. The molecule has 2 aromatic carbocycles. The Morgan fingerprint density at radius 3 is 2.62 bits per heavy atom. The van der Waals surface area contributed by atoms with Gasteiger partial charge >= 0.3 is 0 Å². The maximum Gasteiger partial charge on any atom is 0.228 e. The van der Waals surface area contributed by atoms with Crippen LogP contribution in [-0.4, -0.2) is 48.7 Å². The molecule has 0 aliphatic carbocycles. The summed E-state index contributed by atoms with van der Waals surface area (Å²) >= 11 is 9.60. The van der Waals surface area contributed by atoms with E-state index >= 15 is 0 Å². The van der Waals surface area contributed by atoms with Crippen LogP contribution in [0.1, 0.15) is 18.4 Å². The SMILES string of the molecule is Cc1c(Cl)ccc2sc(N(CCN(C)C)C(=O)CCCSc3ccccc3)nc12. The number of hydrogen-bond donors (Lipinski definition) is 0. The summed E-state index contributed by atoms with van der Waals surface area (Å²) in [5.41, 5.74) is 1.85. The molecule has 0 aliphatic rings. The monoisotopic (exact) mass is 447 g/mol. The zero-order chi connectivity index (χ0) is 20.8. The molecule has 1 heterocycles. The fourth-order valence-electron chi connectivity index (χ4n) is 2.90. The molecule has 0 saturated heterocycles. The van der Waals surface area contributed by atoms with E-state index in [2.05, 4.69) is 17.0 Å². The predicted molar refractivity (Wildman–Crippen MR) is 127 cm³/mol. The summed E-state index contributed by atoms with van der Waals surface area (Å²) in [6.07, 6.45) is 1.36. The average molecular weight is 448 g/mol. The van der Waals surface area contributed by atoms with E-state index in [0.717, 1.165) is 39.6 Å². The summed E-state index contributed by atoms with van der Waals surface area (Å²) in [6, 6.07) is 14.2. The number of aryl methyl sites for hydroxylation is 1. The van der Waals surface area contributed by atoms with Crippen molar-refractivity contribution in [2.24, 2.45) is 0 Å². The number of rotatable bonds is 9. The molecule has 0 saturated carbocycles. The highest BCUT2D eigenvalue weighted by atomic mass is 35.5. The van der Waals surface area contributed by atoms with E-state index in [-0.39, 0.29) is 5.91 Å². The van der Waals surface area contributed by atoms with E-state index in [0.29, 0.717) is 18.0 Å². The van der Waals surface area contributed by atoms with Crippen molar-refractivity contribution in [1.82, 2.24) is 9.88 Å². The Hall–Kier alpha value is -1.60. The van der Waals surface area contributed by atoms with Crippen LogP contribution < -0.4 is 4.90 Å². The molecular formula is C22H26ClN3OS2. The summed E-state index contributed by atoms with van der Waals surface area (Å²) < 4.78 is 1.06. The van der Waals surface area contributed by atoms with E-state index in [9.17, 15) is 4.79 Å². The predicted octanol–water partition coefficient (Wildman–Crippen LogP) is 5.73. The highest BCUT2D eigenvalue weighted by molar-refractivity contribution is 7.99. The first kappa shape index (κ1) is 22.1. The van der Waals surface area contributed by atoms with Gasteiger partial charge in [-0.2, -0.15) is 0 Å². The Balaban J connectivity index is 1.69. The van der Waals surface area contributed by atoms with Crippen LogP contribution >= 0.6 is 34.7 Å². The number of anilines is 1. The lowest BCUT2D eigenvalue weighted by molar-refractivity contribution is -0.118. The first-order chi connectivity index (χ1) is 14.0. The first-order valence-electron chi connectivity index (χ1n) is 9.64. The molecule has 0 spiro atoms. The van der Waals surface area contributed by atoms with Gasteiger partial charge in [-0.1, -0.05) is 41.1 Å². The minimum atomic E-state index is 0.128. The molecule has 3 rings (SSSR count). The van der Waals surface area contributed by atoms with Gasteiger partial charge in [0.1, 0.15) is 0 Å². The van der Waals surface area contributed by atoms with Crippen molar-refractivity contribution < 1.29 is 4.79 Å². The van der Waals surface area contributed by atoms with Gasteiger partial charge in [-0.05, 0) is 63.0 Å². The van der Waals surface area contributed by atoms with Gasteiger partial charge < -0.3 is 4.90 Å². The fraction of sp³-hybridized carbons (Fsp3) is 0.364. The summed E-state index contributed by atoms with van der Waals surface area (Å²) in [4.78, 5) is 23.0. The van der Waals surface area contributed by atoms with Crippen LogP contribution in [0.25, 0.3) is 10.2 Å². The number of amides is 1. The second kappa shape index (κ2) is 10.4. The lowest BCUT2D eigenvalue weighted by Crippen LogP contribution is -2.36. The first-order valence-corrected chi connectivity index (χ1v) is 11.8. The van der Waals surface area contributed by atoms with Crippen molar-refractivity contribution in [1.29, 1.82) is 0 Å². The number of carbonyl (C=O) groups excluding carboxylic acids is 1. The third-order valence-corrected chi connectivity index (χ3v) is 7.14.